The number of anilines is 2. The molecular formula is C23H27N3O2. The fraction of sp³-hybridized carbons (Fsp3) is 0.304. The predicted octanol–water partition coefficient (Wildman–Crippen LogP) is 4.70. The highest BCUT2D eigenvalue weighted by atomic mass is 16.5. The Morgan fingerprint density at radius 2 is 1.89 bits per heavy atom. The number of carbonyl (C=O) groups excluding carboxylic acids is 1. The third kappa shape index (κ3) is 4.92. The Morgan fingerprint density at radius 1 is 1.18 bits per heavy atom. The average Bonchev–Trinajstić information content (AvgIpc) is 2.69. The van der Waals surface area contributed by atoms with Crippen molar-refractivity contribution in [2.75, 3.05) is 30.4 Å². The molecule has 2 rings (SSSR count). The number of nitrogens with zero attached hydrogens (tertiary/aromatic N) is 2. The molecule has 1 amide bonds. The second-order valence-electron chi connectivity index (χ2n) is 6.54. The number of benzene rings is 2. The molecule has 28 heavy (non-hydrogen) atoms. The van der Waals surface area contributed by atoms with Gasteiger partial charge in [-0.3, -0.25) is 4.79 Å². The van der Waals surface area contributed by atoms with Crippen LogP contribution in [0.15, 0.2) is 42.0 Å². The molecular weight excluding hydrogens is 350 g/mol. The van der Waals surface area contributed by atoms with Gasteiger partial charge in [0.05, 0.1) is 7.11 Å². The molecule has 0 saturated carbocycles. The van der Waals surface area contributed by atoms with Crippen LogP contribution in [0, 0.1) is 25.2 Å². The van der Waals surface area contributed by atoms with E-state index in [1.54, 1.807) is 13.2 Å². The largest absolute Gasteiger partial charge is 0.496 e. The number of ether oxygens (including phenoxy) is 1. The predicted molar refractivity (Wildman–Crippen MR) is 115 cm³/mol. The van der Waals surface area contributed by atoms with Gasteiger partial charge in [-0.15, -0.1) is 0 Å². The van der Waals surface area contributed by atoms with Gasteiger partial charge in [0.15, 0.2) is 0 Å². The highest BCUT2D eigenvalue weighted by Crippen LogP contribution is 2.28. The number of hydrogen-bond acceptors (Lipinski definition) is 4. The van der Waals surface area contributed by atoms with Crippen molar-refractivity contribution in [3.8, 4) is 11.8 Å². The topological polar surface area (TPSA) is 65.4 Å². The molecule has 1 N–H and O–H groups in total. The first-order valence-corrected chi connectivity index (χ1v) is 9.36. The zero-order valence-electron chi connectivity index (χ0n) is 17.2. The molecule has 0 heterocycles. The maximum absolute atomic E-state index is 12.6. The van der Waals surface area contributed by atoms with Gasteiger partial charge >= 0.3 is 0 Å². The average molecular weight is 377 g/mol. The number of rotatable bonds is 7. The quantitative estimate of drug-likeness (QED) is 0.561. The molecule has 5 nitrogen and oxygen atoms in total. The number of methoxy groups -OCH3 is 1. The highest BCUT2D eigenvalue weighted by Gasteiger charge is 2.13. The normalized spacial score (nSPS) is 10.9. The van der Waals surface area contributed by atoms with Crippen molar-refractivity contribution in [1.82, 2.24) is 0 Å². The summed E-state index contributed by atoms with van der Waals surface area (Å²) in [7, 11) is 1.58. The standard InChI is InChI=1S/C23H27N3O2/c1-6-26(7-2)20-10-9-18(22(14-20)28-5)13-19(15-24)23(27)25-21-11-8-16(3)12-17(21)4/h8-14H,6-7H2,1-5H3,(H,25,27)/b19-13+. The van der Waals surface area contributed by atoms with Gasteiger partial charge in [-0.25, -0.2) is 0 Å². The van der Waals surface area contributed by atoms with Crippen LogP contribution in [-0.4, -0.2) is 26.1 Å². The lowest BCUT2D eigenvalue weighted by Crippen LogP contribution is -2.21. The van der Waals surface area contributed by atoms with Gasteiger partial charge in [0.1, 0.15) is 17.4 Å². The van der Waals surface area contributed by atoms with Crippen LogP contribution in [-0.2, 0) is 4.79 Å². The van der Waals surface area contributed by atoms with Gasteiger partial charge in [0.25, 0.3) is 5.91 Å². The summed E-state index contributed by atoms with van der Waals surface area (Å²) in [6.45, 7) is 9.87. The van der Waals surface area contributed by atoms with Crippen molar-refractivity contribution in [2.45, 2.75) is 27.7 Å². The van der Waals surface area contributed by atoms with E-state index in [0.717, 1.165) is 29.9 Å². The van der Waals surface area contributed by atoms with Crippen LogP contribution in [0.5, 0.6) is 5.75 Å². The number of aryl methyl sites for hydroxylation is 2. The van der Waals surface area contributed by atoms with Crippen molar-refractivity contribution < 1.29 is 9.53 Å². The molecule has 146 valence electrons. The highest BCUT2D eigenvalue weighted by molar-refractivity contribution is 6.10. The molecule has 0 unspecified atom stereocenters. The SMILES string of the molecule is CCN(CC)c1ccc(/C=C(\C#N)C(=O)Nc2ccc(C)cc2C)c(OC)c1. The van der Waals surface area contributed by atoms with Crippen molar-refractivity contribution in [3.63, 3.8) is 0 Å². The summed E-state index contributed by atoms with van der Waals surface area (Å²) in [6, 6.07) is 13.5. The van der Waals surface area contributed by atoms with Crippen LogP contribution in [0.2, 0.25) is 0 Å². The van der Waals surface area contributed by atoms with Crippen molar-refractivity contribution >= 4 is 23.4 Å². The second-order valence-corrected chi connectivity index (χ2v) is 6.54. The number of carbonyl (C=O) groups is 1. The van der Waals surface area contributed by atoms with E-state index in [0.29, 0.717) is 17.0 Å². The molecule has 0 aliphatic carbocycles. The van der Waals surface area contributed by atoms with E-state index in [1.807, 2.05) is 56.3 Å². The monoisotopic (exact) mass is 377 g/mol. The van der Waals surface area contributed by atoms with E-state index >= 15 is 0 Å². The molecule has 0 aliphatic heterocycles. The zero-order chi connectivity index (χ0) is 20.7. The van der Waals surface area contributed by atoms with Crippen LogP contribution in [0.25, 0.3) is 6.08 Å². The Labute approximate surface area is 167 Å². The van der Waals surface area contributed by atoms with E-state index in [1.165, 1.54) is 0 Å². The maximum atomic E-state index is 12.6. The number of amides is 1. The lowest BCUT2D eigenvalue weighted by molar-refractivity contribution is -0.112. The van der Waals surface area contributed by atoms with Crippen LogP contribution in [0.1, 0.15) is 30.5 Å². The van der Waals surface area contributed by atoms with Crippen LogP contribution in [0.3, 0.4) is 0 Å². The number of hydrogen-bond donors (Lipinski definition) is 1. The third-order valence-electron chi connectivity index (χ3n) is 4.64. The van der Waals surface area contributed by atoms with Crippen molar-refractivity contribution in [1.29, 1.82) is 5.26 Å². The first kappa shape index (κ1) is 21.0. The third-order valence-corrected chi connectivity index (χ3v) is 4.64. The summed E-state index contributed by atoms with van der Waals surface area (Å²) >= 11 is 0. The summed E-state index contributed by atoms with van der Waals surface area (Å²) in [6.07, 6.45) is 1.56. The van der Waals surface area contributed by atoms with E-state index in [-0.39, 0.29) is 5.57 Å². The van der Waals surface area contributed by atoms with E-state index < -0.39 is 5.91 Å². The Kier molecular flexibility index (Phi) is 7.22. The number of nitrogens with one attached hydrogen (secondary N) is 1. The van der Waals surface area contributed by atoms with Gasteiger partial charge in [-0.2, -0.15) is 5.26 Å². The van der Waals surface area contributed by atoms with E-state index in [4.69, 9.17) is 4.74 Å². The molecule has 5 heteroatoms. The van der Waals surface area contributed by atoms with Crippen LogP contribution >= 0.6 is 0 Å². The number of nitriles is 1. The lowest BCUT2D eigenvalue weighted by atomic mass is 10.1. The van der Waals surface area contributed by atoms with Crippen LogP contribution < -0.4 is 15.0 Å². The molecule has 0 atom stereocenters. The molecule has 0 saturated heterocycles. The van der Waals surface area contributed by atoms with E-state index in [2.05, 4.69) is 24.1 Å². The molecule has 0 bridgehead atoms. The molecule has 0 spiro atoms. The molecule has 0 aromatic heterocycles. The van der Waals surface area contributed by atoms with Crippen molar-refractivity contribution in [3.05, 3.63) is 58.7 Å². The minimum absolute atomic E-state index is 0.0221. The fourth-order valence-electron chi connectivity index (χ4n) is 3.05. The second kappa shape index (κ2) is 9.61. The van der Waals surface area contributed by atoms with Crippen LogP contribution in [0.4, 0.5) is 11.4 Å². The molecule has 2 aromatic rings. The van der Waals surface area contributed by atoms with Gasteiger partial charge in [0.2, 0.25) is 0 Å². The summed E-state index contributed by atoms with van der Waals surface area (Å²) < 4.78 is 5.49. The Balaban J connectivity index is 2.32. The Morgan fingerprint density at radius 3 is 2.46 bits per heavy atom. The zero-order valence-corrected chi connectivity index (χ0v) is 17.2. The molecule has 2 aromatic carbocycles. The lowest BCUT2D eigenvalue weighted by Gasteiger charge is -2.22. The van der Waals surface area contributed by atoms with Crippen molar-refractivity contribution in [2.24, 2.45) is 0 Å². The van der Waals surface area contributed by atoms with Gasteiger partial charge in [-0.1, -0.05) is 17.7 Å². The Hall–Kier alpha value is -3.26. The molecule has 0 fully saturated rings. The minimum Gasteiger partial charge on any atom is -0.496 e. The fourth-order valence-corrected chi connectivity index (χ4v) is 3.05. The minimum atomic E-state index is -0.440. The molecule has 0 aliphatic rings. The van der Waals surface area contributed by atoms with Gasteiger partial charge in [0, 0.05) is 36.1 Å². The summed E-state index contributed by atoms with van der Waals surface area (Å²) in [5.41, 5.74) is 4.51. The maximum Gasteiger partial charge on any atom is 0.266 e. The first-order valence-electron chi connectivity index (χ1n) is 9.36. The summed E-state index contributed by atoms with van der Waals surface area (Å²) in [4.78, 5) is 14.8. The van der Waals surface area contributed by atoms with Gasteiger partial charge in [-0.05, 0) is 57.5 Å². The Bertz CT molecular complexity index is 922. The molecule has 0 radical (unpaired) electrons. The van der Waals surface area contributed by atoms with Gasteiger partial charge < -0.3 is 15.0 Å². The first-order chi connectivity index (χ1) is 13.4. The van der Waals surface area contributed by atoms with E-state index in [9.17, 15) is 10.1 Å². The summed E-state index contributed by atoms with van der Waals surface area (Å²) in [5.74, 6) is 0.181. The summed E-state index contributed by atoms with van der Waals surface area (Å²) in [5, 5.41) is 12.3. The smallest absolute Gasteiger partial charge is 0.266 e.